The molecule has 2 aromatic heterocycles. The van der Waals surface area contributed by atoms with Gasteiger partial charge in [-0.15, -0.1) is 0 Å². The summed E-state index contributed by atoms with van der Waals surface area (Å²) in [6.45, 7) is 5.73. The number of pyridine rings is 1. The number of nitrogens with one attached hydrogen (secondary N) is 2. The number of ether oxygens (including phenoxy) is 2. The van der Waals surface area contributed by atoms with Crippen LogP contribution in [0.4, 0.5) is 5.69 Å². The van der Waals surface area contributed by atoms with Gasteiger partial charge in [0.25, 0.3) is 5.91 Å². The maximum Gasteiger partial charge on any atom is 0.271 e. The lowest BCUT2D eigenvalue weighted by Crippen LogP contribution is -2.43. The number of piperidine rings is 1. The van der Waals surface area contributed by atoms with E-state index in [1.807, 2.05) is 32.0 Å². The number of hydrogen-bond acceptors (Lipinski definition) is 6. The van der Waals surface area contributed by atoms with E-state index >= 15 is 0 Å². The van der Waals surface area contributed by atoms with Gasteiger partial charge in [0.2, 0.25) is 5.91 Å². The van der Waals surface area contributed by atoms with Crippen molar-refractivity contribution >= 4 is 17.5 Å². The zero-order chi connectivity index (χ0) is 23.9. The molecule has 2 amide bonds. The molecule has 0 bridgehead atoms. The predicted octanol–water partition coefficient (Wildman–Crippen LogP) is 3.76. The number of hydrogen-bond donors (Lipinski definition) is 2. The predicted molar refractivity (Wildman–Crippen MR) is 128 cm³/mol. The Morgan fingerprint density at radius 3 is 2.68 bits per heavy atom. The van der Waals surface area contributed by atoms with E-state index in [0.717, 1.165) is 12.0 Å². The van der Waals surface area contributed by atoms with Crippen molar-refractivity contribution in [1.82, 2.24) is 20.1 Å². The lowest BCUT2D eigenvalue weighted by Gasteiger charge is -2.31. The molecule has 1 saturated heterocycles. The molecule has 0 saturated carbocycles. The number of amides is 2. The van der Waals surface area contributed by atoms with E-state index in [0.29, 0.717) is 61.3 Å². The number of carbonyl (C=O) groups excluding carboxylic acids is 2. The standard InChI is InChI=1S/C25H29N5O4/c1-3-33-19-7-8-23(34-4-2)21(14-19)27-24(31)18-6-5-13-30(16-18)25(32)22-15-20(28-29-22)17-9-11-26-12-10-17/h7-12,14-15,18H,3-6,13,16H2,1-2H3,(H,27,31)(H,28,29)/t18-/m1/s1. The van der Waals surface area contributed by atoms with Crippen LogP contribution in [-0.4, -0.2) is 58.2 Å². The molecule has 0 radical (unpaired) electrons. The number of aromatic nitrogens is 3. The van der Waals surface area contributed by atoms with Gasteiger partial charge in [-0.1, -0.05) is 0 Å². The minimum absolute atomic E-state index is 0.144. The lowest BCUT2D eigenvalue weighted by atomic mass is 9.96. The van der Waals surface area contributed by atoms with Crippen LogP contribution in [0, 0.1) is 5.92 Å². The largest absolute Gasteiger partial charge is 0.494 e. The number of nitrogens with zero attached hydrogens (tertiary/aromatic N) is 3. The van der Waals surface area contributed by atoms with Gasteiger partial charge < -0.3 is 19.7 Å². The van der Waals surface area contributed by atoms with Crippen molar-refractivity contribution in [3.8, 4) is 22.8 Å². The van der Waals surface area contributed by atoms with Gasteiger partial charge in [0.05, 0.1) is 30.5 Å². The molecular weight excluding hydrogens is 434 g/mol. The molecule has 3 heterocycles. The molecule has 9 heteroatoms. The maximum absolute atomic E-state index is 13.1. The Morgan fingerprint density at radius 1 is 1.12 bits per heavy atom. The molecule has 9 nitrogen and oxygen atoms in total. The third kappa shape index (κ3) is 5.36. The molecule has 1 aliphatic rings. The molecule has 1 atom stereocenters. The third-order valence-electron chi connectivity index (χ3n) is 5.68. The van der Waals surface area contributed by atoms with Crippen LogP contribution in [0.5, 0.6) is 11.5 Å². The highest BCUT2D eigenvalue weighted by molar-refractivity contribution is 5.96. The van der Waals surface area contributed by atoms with Crippen LogP contribution in [-0.2, 0) is 4.79 Å². The number of carbonyl (C=O) groups is 2. The molecular formula is C25H29N5O4. The Balaban J connectivity index is 1.44. The number of rotatable bonds is 8. The monoisotopic (exact) mass is 463 g/mol. The molecule has 3 aromatic rings. The van der Waals surface area contributed by atoms with Crippen molar-refractivity contribution in [1.29, 1.82) is 0 Å². The summed E-state index contributed by atoms with van der Waals surface area (Å²) >= 11 is 0. The zero-order valence-electron chi connectivity index (χ0n) is 19.4. The molecule has 1 aliphatic heterocycles. The number of likely N-dealkylation sites (tertiary alicyclic amines) is 1. The molecule has 178 valence electrons. The van der Waals surface area contributed by atoms with E-state index in [1.165, 1.54) is 0 Å². The van der Waals surface area contributed by atoms with Gasteiger partial charge in [-0.05, 0) is 57.0 Å². The maximum atomic E-state index is 13.1. The van der Waals surface area contributed by atoms with Gasteiger partial charge in [-0.2, -0.15) is 5.10 Å². The molecule has 0 spiro atoms. The SMILES string of the molecule is CCOc1ccc(OCC)c(NC(=O)[C@@H]2CCCN(C(=O)c3cc(-c4ccncc4)n[nH]3)C2)c1. The van der Waals surface area contributed by atoms with Gasteiger partial charge in [0, 0.05) is 37.1 Å². The van der Waals surface area contributed by atoms with Gasteiger partial charge in [0.1, 0.15) is 17.2 Å². The number of aromatic amines is 1. The van der Waals surface area contributed by atoms with E-state index in [2.05, 4.69) is 20.5 Å². The summed E-state index contributed by atoms with van der Waals surface area (Å²) in [6, 6.07) is 10.8. The Bertz CT molecular complexity index is 1130. The van der Waals surface area contributed by atoms with Crippen LogP contribution in [0.15, 0.2) is 48.8 Å². The van der Waals surface area contributed by atoms with E-state index < -0.39 is 0 Å². The van der Waals surface area contributed by atoms with Crippen LogP contribution < -0.4 is 14.8 Å². The lowest BCUT2D eigenvalue weighted by molar-refractivity contribution is -0.121. The van der Waals surface area contributed by atoms with Gasteiger partial charge in [0.15, 0.2) is 0 Å². The Hall–Kier alpha value is -3.88. The van der Waals surface area contributed by atoms with Crippen molar-refractivity contribution in [3.05, 3.63) is 54.5 Å². The van der Waals surface area contributed by atoms with Crippen LogP contribution in [0.2, 0.25) is 0 Å². The molecule has 1 fully saturated rings. The fraction of sp³-hybridized carbons (Fsp3) is 0.360. The minimum atomic E-state index is -0.328. The first-order valence-corrected chi connectivity index (χ1v) is 11.5. The molecule has 2 N–H and O–H groups in total. The topological polar surface area (TPSA) is 109 Å². The first kappa shape index (κ1) is 23.3. The van der Waals surface area contributed by atoms with E-state index in [-0.39, 0.29) is 17.7 Å². The van der Waals surface area contributed by atoms with Crippen LogP contribution in [0.25, 0.3) is 11.3 Å². The van der Waals surface area contributed by atoms with E-state index in [9.17, 15) is 9.59 Å². The van der Waals surface area contributed by atoms with Gasteiger partial charge in [-0.3, -0.25) is 19.7 Å². The average molecular weight is 464 g/mol. The van der Waals surface area contributed by atoms with Crippen LogP contribution >= 0.6 is 0 Å². The summed E-state index contributed by atoms with van der Waals surface area (Å²) < 4.78 is 11.2. The summed E-state index contributed by atoms with van der Waals surface area (Å²) in [6.07, 6.45) is 4.81. The molecule has 0 unspecified atom stereocenters. The normalized spacial score (nSPS) is 15.6. The first-order chi connectivity index (χ1) is 16.6. The fourth-order valence-electron chi connectivity index (χ4n) is 4.03. The number of benzene rings is 1. The second-order valence-corrected chi connectivity index (χ2v) is 8.01. The van der Waals surface area contributed by atoms with Crippen molar-refractivity contribution < 1.29 is 19.1 Å². The highest BCUT2D eigenvalue weighted by Gasteiger charge is 2.30. The first-order valence-electron chi connectivity index (χ1n) is 11.5. The zero-order valence-corrected chi connectivity index (χ0v) is 19.4. The highest BCUT2D eigenvalue weighted by atomic mass is 16.5. The number of anilines is 1. The van der Waals surface area contributed by atoms with E-state index in [1.54, 1.807) is 35.5 Å². The van der Waals surface area contributed by atoms with Gasteiger partial charge >= 0.3 is 0 Å². The quantitative estimate of drug-likeness (QED) is 0.526. The highest BCUT2D eigenvalue weighted by Crippen LogP contribution is 2.31. The van der Waals surface area contributed by atoms with Gasteiger partial charge in [-0.25, -0.2) is 0 Å². The van der Waals surface area contributed by atoms with Crippen molar-refractivity contribution in [2.45, 2.75) is 26.7 Å². The van der Waals surface area contributed by atoms with Crippen LogP contribution in [0.3, 0.4) is 0 Å². The molecule has 34 heavy (non-hydrogen) atoms. The fourth-order valence-corrected chi connectivity index (χ4v) is 4.03. The summed E-state index contributed by atoms with van der Waals surface area (Å²) in [5.41, 5.74) is 2.52. The summed E-state index contributed by atoms with van der Waals surface area (Å²) in [5, 5.41) is 10.1. The Labute approximate surface area is 198 Å². The second kappa shape index (κ2) is 10.8. The smallest absolute Gasteiger partial charge is 0.271 e. The number of H-pyrrole nitrogens is 1. The summed E-state index contributed by atoms with van der Waals surface area (Å²) in [5.74, 6) is 0.605. The minimum Gasteiger partial charge on any atom is -0.494 e. The summed E-state index contributed by atoms with van der Waals surface area (Å²) in [4.78, 5) is 31.9. The molecule has 4 rings (SSSR count). The Morgan fingerprint density at radius 2 is 1.91 bits per heavy atom. The third-order valence-corrected chi connectivity index (χ3v) is 5.68. The van der Waals surface area contributed by atoms with E-state index in [4.69, 9.17) is 9.47 Å². The molecule has 0 aliphatic carbocycles. The van der Waals surface area contributed by atoms with Crippen molar-refractivity contribution in [2.75, 3.05) is 31.6 Å². The summed E-state index contributed by atoms with van der Waals surface area (Å²) in [7, 11) is 0. The Kier molecular flexibility index (Phi) is 7.41. The molecule has 1 aromatic carbocycles. The second-order valence-electron chi connectivity index (χ2n) is 8.01. The van der Waals surface area contributed by atoms with Crippen molar-refractivity contribution in [2.24, 2.45) is 5.92 Å². The van der Waals surface area contributed by atoms with Crippen molar-refractivity contribution in [3.63, 3.8) is 0 Å². The average Bonchev–Trinajstić information content (AvgIpc) is 3.36. The van der Waals surface area contributed by atoms with Crippen LogP contribution in [0.1, 0.15) is 37.2 Å².